The lowest BCUT2D eigenvalue weighted by molar-refractivity contribution is -0.116. The fraction of sp³-hybridized carbons (Fsp3) is 0.500. The van der Waals surface area contributed by atoms with Gasteiger partial charge in [-0.1, -0.05) is 0 Å². The van der Waals surface area contributed by atoms with Crippen LogP contribution in [0.5, 0.6) is 0 Å². The van der Waals surface area contributed by atoms with Crippen LogP contribution < -0.4 is 15.4 Å². The molecule has 1 aromatic rings. The summed E-state index contributed by atoms with van der Waals surface area (Å²) in [4.78, 5) is 11.9. The van der Waals surface area contributed by atoms with E-state index in [9.17, 15) is 13.2 Å². The number of hydrogen-bond donors (Lipinski definition) is 3. The first-order valence-electron chi connectivity index (χ1n) is 7.15. The molecular formula is C14H17N3O3S. The van der Waals surface area contributed by atoms with Crippen LogP contribution >= 0.6 is 0 Å². The molecule has 0 spiro atoms. The SMILES string of the molecule is CC1C(=O)Nc2ccc(S(=O)(=O)NC3C4CNCC43)cc21. The van der Waals surface area contributed by atoms with Gasteiger partial charge in [0.2, 0.25) is 15.9 Å². The Labute approximate surface area is 123 Å². The molecule has 2 aliphatic heterocycles. The average Bonchev–Trinajstić information content (AvgIpc) is 2.81. The van der Waals surface area contributed by atoms with Gasteiger partial charge in [0.25, 0.3) is 0 Å². The third-order valence-corrected chi connectivity index (χ3v) is 6.29. The molecule has 2 heterocycles. The lowest BCUT2D eigenvalue weighted by atomic mass is 10.0. The molecule has 1 aliphatic carbocycles. The van der Waals surface area contributed by atoms with Gasteiger partial charge >= 0.3 is 0 Å². The predicted octanol–water partition coefficient (Wildman–Crippen LogP) is 0.238. The lowest BCUT2D eigenvalue weighted by Crippen LogP contribution is -2.32. The molecule has 112 valence electrons. The molecular weight excluding hydrogens is 290 g/mol. The number of rotatable bonds is 3. The van der Waals surface area contributed by atoms with Crippen LogP contribution in [0, 0.1) is 11.8 Å². The number of hydrogen-bond acceptors (Lipinski definition) is 4. The van der Waals surface area contributed by atoms with Crippen LogP contribution in [0.3, 0.4) is 0 Å². The van der Waals surface area contributed by atoms with Gasteiger partial charge in [-0.3, -0.25) is 4.79 Å². The fourth-order valence-corrected chi connectivity index (χ4v) is 4.78. The second-order valence-corrected chi connectivity index (χ2v) is 7.81. The summed E-state index contributed by atoms with van der Waals surface area (Å²) in [6.45, 7) is 3.55. The Morgan fingerprint density at radius 1 is 1.24 bits per heavy atom. The summed E-state index contributed by atoms with van der Waals surface area (Å²) in [6.07, 6.45) is 0. The van der Waals surface area contributed by atoms with Crippen LogP contribution in [0.25, 0.3) is 0 Å². The zero-order chi connectivity index (χ0) is 14.8. The predicted molar refractivity (Wildman–Crippen MR) is 77.4 cm³/mol. The first kappa shape index (κ1) is 13.2. The third-order valence-electron chi connectivity index (χ3n) is 4.83. The Hall–Kier alpha value is -1.44. The molecule has 0 bridgehead atoms. The van der Waals surface area contributed by atoms with E-state index in [1.165, 1.54) is 0 Å². The van der Waals surface area contributed by atoms with Crippen molar-refractivity contribution in [2.24, 2.45) is 11.8 Å². The molecule has 1 aromatic carbocycles. The smallest absolute Gasteiger partial charge is 0.240 e. The Balaban J connectivity index is 1.60. The summed E-state index contributed by atoms with van der Waals surface area (Å²) >= 11 is 0. The summed E-state index contributed by atoms with van der Waals surface area (Å²) in [7, 11) is -3.52. The molecule has 3 unspecified atom stereocenters. The minimum absolute atomic E-state index is 0.0571. The Morgan fingerprint density at radius 2 is 1.95 bits per heavy atom. The van der Waals surface area contributed by atoms with Crippen molar-refractivity contribution >= 4 is 21.6 Å². The van der Waals surface area contributed by atoms with Crippen molar-refractivity contribution < 1.29 is 13.2 Å². The van der Waals surface area contributed by atoms with Crippen LogP contribution in [-0.2, 0) is 14.8 Å². The molecule has 3 aliphatic rings. The number of sulfonamides is 1. The standard InChI is InChI=1S/C14H17N3O3S/c1-7-9-4-8(2-3-12(9)16-14(7)18)21(19,20)17-13-10-5-15-6-11(10)13/h2-4,7,10-11,13,15,17H,5-6H2,1H3,(H,16,18). The largest absolute Gasteiger partial charge is 0.325 e. The number of nitrogens with one attached hydrogen (secondary N) is 3. The summed E-state index contributed by atoms with van der Waals surface area (Å²) in [6, 6.07) is 4.88. The Morgan fingerprint density at radius 3 is 2.67 bits per heavy atom. The molecule has 21 heavy (non-hydrogen) atoms. The van der Waals surface area contributed by atoms with Gasteiger partial charge in [0.05, 0.1) is 10.8 Å². The highest BCUT2D eigenvalue weighted by Gasteiger charge is 2.54. The van der Waals surface area contributed by atoms with Crippen LogP contribution in [0.15, 0.2) is 23.1 Å². The number of amides is 1. The molecule has 0 aromatic heterocycles. The van der Waals surface area contributed by atoms with Gasteiger partial charge in [-0.25, -0.2) is 13.1 Å². The van der Waals surface area contributed by atoms with E-state index >= 15 is 0 Å². The maximum absolute atomic E-state index is 12.5. The molecule has 1 amide bonds. The second kappa shape index (κ2) is 4.28. The second-order valence-electron chi connectivity index (χ2n) is 6.09. The number of anilines is 1. The van der Waals surface area contributed by atoms with Crippen LogP contribution in [-0.4, -0.2) is 33.5 Å². The van der Waals surface area contributed by atoms with Gasteiger partial charge in [-0.15, -0.1) is 0 Å². The number of benzene rings is 1. The topological polar surface area (TPSA) is 87.3 Å². The van der Waals surface area contributed by atoms with Crippen molar-refractivity contribution in [3.8, 4) is 0 Å². The maximum Gasteiger partial charge on any atom is 0.240 e. The van der Waals surface area contributed by atoms with E-state index in [1.807, 2.05) is 0 Å². The first-order valence-corrected chi connectivity index (χ1v) is 8.63. The van der Waals surface area contributed by atoms with Gasteiger partial charge in [0, 0.05) is 11.7 Å². The lowest BCUT2D eigenvalue weighted by Gasteiger charge is -2.10. The van der Waals surface area contributed by atoms with Crippen LogP contribution in [0.4, 0.5) is 5.69 Å². The minimum atomic E-state index is -3.52. The minimum Gasteiger partial charge on any atom is -0.325 e. The van der Waals surface area contributed by atoms with Crippen molar-refractivity contribution in [3.63, 3.8) is 0 Å². The highest BCUT2D eigenvalue weighted by molar-refractivity contribution is 7.89. The van der Waals surface area contributed by atoms with E-state index in [1.54, 1.807) is 25.1 Å². The summed E-state index contributed by atoms with van der Waals surface area (Å²) in [5, 5.41) is 5.99. The summed E-state index contributed by atoms with van der Waals surface area (Å²) < 4.78 is 27.7. The van der Waals surface area contributed by atoms with Gasteiger partial charge in [-0.05, 0) is 55.6 Å². The zero-order valence-corrected chi connectivity index (χ0v) is 12.4. The molecule has 0 radical (unpaired) electrons. The number of carbonyl (C=O) groups excluding carboxylic acids is 1. The molecule has 2 fully saturated rings. The molecule has 3 N–H and O–H groups in total. The number of piperidine rings is 1. The molecule has 3 atom stereocenters. The summed E-state index contributed by atoms with van der Waals surface area (Å²) in [5.41, 5.74) is 1.46. The highest BCUT2D eigenvalue weighted by Crippen LogP contribution is 2.42. The molecule has 6 nitrogen and oxygen atoms in total. The van der Waals surface area contributed by atoms with Gasteiger partial charge in [-0.2, -0.15) is 0 Å². The van der Waals surface area contributed by atoms with Gasteiger partial charge in [0.1, 0.15) is 0 Å². The number of carbonyl (C=O) groups is 1. The van der Waals surface area contributed by atoms with Crippen molar-refractivity contribution in [1.29, 1.82) is 0 Å². The summed E-state index contributed by atoms with van der Waals surface area (Å²) in [5.74, 6) is 0.461. The van der Waals surface area contributed by atoms with E-state index in [2.05, 4.69) is 15.4 Å². The highest BCUT2D eigenvalue weighted by atomic mass is 32.2. The van der Waals surface area contributed by atoms with Gasteiger partial charge in [0.15, 0.2) is 0 Å². The number of fused-ring (bicyclic) bond motifs is 2. The normalized spacial score (nSPS) is 33.5. The van der Waals surface area contributed by atoms with E-state index < -0.39 is 10.0 Å². The Bertz CT molecular complexity index is 721. The first-order chi connectivity index (χ1) is 9.97. The van der Waals surface area contributed by atoms with Crippen molar-refractivity contribution in [1.82, 2.24) is 10.0 Å². The average molecular weight is 307 g/mol. The Kier molecular flexibility index (Phi) is 2.70. The van der Waals surface area contributed by atoms with E-state index in [-0.39, 0.29) is 22.8 Å². The van der Waals surface area contributed by atoms with Crippen LogP contribution in [0.2, 0.25) is 0 Å². The van der Waals surface area contributed by atoms with E-state index in [4.69, 9.17) is 0 Å². The quantitative estimate of drug-likeness (QED) is 0.746. The molecule has 7 heteroatoms. The fourth-order valence-electron chi connectivity index (χ4n) is 3.40. The van der Waals surface area contributed by atoms with E-state index in [0.717, 1.165) is 18.7 Å². The monoisotopic (exact) mass is 307 g/mol. The van der Waals surface area contributed by atoms with Crippen LogP contribution in [0.1, 0.15) is 18.4 Å². The molecule has 4 rings (SSSR count). The van der Waals surface area contributed by atoms with Crippen molar-refractivity contribution in [2.45, 2.75) is 23.8 Å². The third kappa shape index (κ3) is 1.99. The molecule has 1 saturated heterocycles. The van der Waals surface area contributed by atoms with E-state index in [0.29, 0.717) is 17.5 Å². The zero-order valence-electron chi connectivity index (χ0n) is 11.6. The van der Waals surface area contributed by atoms with Gasteiger partial charge < -0.3 is 10.6 Å². The van der Waals surface area contributed by atoms with Crippen molar-refractivity contribution in [2.75, 3.05) is 18.4 Å². The maximum atomic E-state index is 12.5. The molecule has 1 saturated carbocycles. The van der Waals surface area contributed by atoms with Crippen molar-refractivity contribution in [3.05, 3.63) is 23.8 Å².